The summed E-state index contributed by atoms with van der Waals surface area (Å²) in [4.78, 5) is 12.5. The average molecular weight is 385 g/mol. The second-order valence-electron chi connectivity index (χ2n) is 7.17. The molecule has 2 heterocycles. The summed E-state index contributed by atoms with van der Waals surface area (Å²) in [5.41, 5.74) is 3.65. The lowest BCUT2D eigenvalue weighted by Gasteiger charge is -2.25. The zero-order chi connectivity index (χ0) is 19.3. The number of rotatable bonds is 2. The third-order valence-corrected chi connectivity index (χ3v) is 7.41. The van der Waals surface area contributed by atoms with E-state index in [1.165, 1.54) is 8.87 Å². The van der Waals surface area contributed by atoms with Gasteiger partial charge >= 0.3 is 5.69 Å². The lowest BCUT2D eigenvalue weighted by atomic mass is 10.1. The van der Waals surface area contributed by atoms with Gasteiger partial charge in [0.05, 0.1) is 21.6 Å². The Bertz CT molecular complexity index is 1210. The topological polar surface area (TPSA) is 64.3 Å². The molecule has 0 bridgehead atoms. The van der Waals surface area contributed by atoms with Gasteiger partial charge in [0.2, 0.25) is 0 Å². The number of fused-ring (bicyclic) bond motifs is 2. The van der Waals surface area contributed by atoms with Gasteiger partial charge in [0.25, 0.3) is 10.0 Å². The summed E-state index contributed by atoms with van der Waals surface area (Å²) >= 11 is 0. The molecule has 0 radical (unpaired) electrons. The van der Waals surface area contributed by atoms with Crippen molar-refractivity contribution in [3.05, 3.63) is 58.0 Å². The lowest BCUT2D eigenvalue weighted by molar-refractivity contribution is 0.589. The molecule has 142 valence electrons. The Morgan fingerprint density at radius 2 is 1.63 bits per heavy atom. The van der Waals surface area contributed by atoms with Crippen LogP contribution < -0.4 is 9.99 Å². The second-order valence-corrected chi connectivity index (χ2v) is 9.00. The largest absolute Gasteiger partial charge is 0.328 e. The summed E-state index contributed by atoms with van der Waals surface area (Å²) < 4.78 is 31.8. The highest BCUT2D eigenvalue weighted by Gasteiger charge is 2.30. The van der Waals surface area contributed by atoms with Gasteiger partial charge in [-0.1, -0.05) is 18.2 Å². The van der Waals surface area contributed by atoms with Crippen LogP contribution in [0.4, 0.5) is 5.69 Å². The Balaban J connectivity index is 1.94. The number of nitrogens with zero attached hydrogens (tertiary/aromatic N) is 3. The number of imidazole rings is 1. The summed E-state index contributed by atoms with van der Waals surface area (Å²) in [6.07, 6.45) is 2.67. The third kappa shape index (κ3) is 2.68. The number of aryl methyl sites for hydroxylation is 4. The van der Waals surface area contributed by atoms with Crippen molar-refractivity contribution in [1.29, 1.82) is 0 Å². The summed E-state index contributed by atoms with van der Waals surface area (Å²) in [5, 5.41) is 0. The first-order valence-corrected chi connectivity index (χ1v) is 10.5. The molecule has 0 saturated carbocycles. The van der Waals surface area contributed by atoms with Gasteiger partial charge in [-0.3, -0.25) is 13.4 Å². The van der Waals surface area contributed by atoms with E-state index in [4.69, 9.17) is 0 Å². The molecule has 27 heavy (non-hydrogen) atoms. The molecule has 1 aliphatic heterocycles. The number of hydrogen-bond acceptors (Lipinski definition) is 3. The molecule has 0 fully saturated rings. The first-order valence-electron chi connectivity index (χ1n) is 9.09. The van der Waals surface area contributed by atoms with Crippen molar-refractivity contribution in [2.75, 3.05) is 10.8 Å². The molecule has 3 aromatic rings. The van der Waals surface area contributed by atoms with Gasteiger partial charge in [0.1, 0.15) is 0 Å². The minimum atomic E-state index is -3.73. The first-order chi connectivity index (χ1) is 12.8. The van der Waals surface area contributed by atoms with E-state index in [2.05, 4.69) is 0 Å². The van der Waals surface area contributed by atoms with Crippen LogP contribution in [0.25, 0.3) is 11.0 Å². The molecule has 0 unspecified atom stereocenters. The Hall–Kier alpha value is -2.54. The maximum Gasteiger partial charge on any atom is 0.328 e. The maximum absolute atomic E-state index is 13.6. The van der Waals surface area contributed by atoms with E-state index in [1.54, 1.807) is 37.7 Å². The van der Waals surface area contributed by atoms with Crippen LogP contribution in [0, 0.1) is 6.92 Å². The van der Waals surface area contributed by atoms with Gasteiger partial charge < -0.3 is 0 Å². The van der Waals surface area contributed by atoms with Crippen LogP contribution in [-0.2, 0) is 30.5 Å². The molecule has 0 N–H and O–H groups in total. The van der Waals surface area contributed by atoms with Crippen LogP contribution >= 0.6 is 0 Å². The van der Waals surface area contributed by atoms with Crippen molar-refractivity contribution in [1.82, 2.24) is 9.13 Å². The molecule has 6 nitrogen and oxygen atoms in total. The Kier molecular flexibility index (Phi) is 4.14. The number of sulfonamides is 1. The highest BCUT2D eigenvalue weighted by molar-refractivity contribution is 7.92. The zero-order valence-electron chi connectivity index (χ0n) is 15.8. The normalized spacial score (nSPS) is 15.0. The fourth-order valence-corrected chi connectivity index (χ4v) is 5.70. The average Bonchev–Trinajstić information content (AvgIpc) is 2.83. The number of anilines is 1. The van der Waals surface area contributed by atoms with E-state index in [0.29, 0.717) is 17.6 Å². The molecule has 1 aliphatic rings. The Labute approximate surface area is 158 Å². The van der Waals surface area contributed by atoms with Crippen LogP contribution in [0.1, 0.15) is 24.0 Å². The lowest BCUT2D eigenvalue weighted by Crippen LogP contribution is -2.32. The van der Waals surface area contributed by atoms with Gasteiger partial charge in [-0.25, -0.2) is 13.2 Å². The number of benzene rings is 2. The molecule has 0 aliphatic carbocycles. The third-order valence-electron chi connectivity index (χ3n) is 5.45. The van der Waals surface area contributed by atoms with E-state index in [1.807, 2.05) is 24.3 Å². The zero-order valence-corrected chi connectivity index (χ0v) is 16.6. The van der Waals surface area contributed by atoms with Crippen LogP contribution in [0.5, 0.6) is 0 Å². The van der Waals surface area contributed by atoms with Gasteiger partial charge in [0, 0.05) is 20.6 Å². The molecule has 4 rings (SSSR count). The predicted octanol–water partition coefficient (Wildman–Crippen LogP) is 2.72. The fraction of sp³-hybridized carbons (Fsp3) is 0.350. The molecule has 0 atom stereocenters. The summed E-state index contributed by atoms with van der Waals surface area (Å²) in [7, 11) is -0.370. The smallest absolute Gasteiger partial charge is 0.295 e. The number of hydrogen-bond donors (Lipinski definition) is 0. The van der Waals surface area contributed by atoms with Crippen LogP contribution in [0.15, 0.2) is 46.1 Å². The second kappa shape index (κ2) is 6.27. The van der Waals surface area contributed by atoms with Crippen molar-refractivity contribution >= 4 is 26.7 Å². The van der Waals surface area contributed by atoms with Crippen molar-refractivity contribution in [2.24, 2.45) is 14.1 Å². The van der Waals surface area contributed by atoms with Gasteiger partial charge in [0.15, 0.2) is 0 Å². The minimum absolute atomic E-state index is 0.168. The molecular formula is C20H23N3O3S. The summed E-state index contributed by atoms with van der Waals surface area (Å²) in [5.74, 6) is 0. The van der Waals surface area contributed by atoms with Crippen molar-refractivity contribution in [3.8, 4) is 0 Å². The molecule has 0 amide bonds. The van der Waals surface area contributed by atoms with E-state index in [0.717, 1.165) is 36.0 Å². The maximum atomic E-state index is 13.6. The molecule has 0 saturated heterocycles. The van der Waals surface area contributed by atoms with E-state index < -0.39 is 10.0 Å². The van der Waals surface area contributed by atoms with Crippen LogP contribution in [-0.4, -0.2) is 24.1 Å². The standard InChI is InChI=1S/C20H23N3O3S/c1-14-12-17-18(22(3)20(24)21(17)2)13-19(14)27(25,26)23-11-7-6-9-15-8-4-5-10-16(15)23/h4-5,8,10,12-13H,6-7,9,11H2,1-3H3. The Morgan fingerprint density at radius 1 is 0.963 bits per heavy atom. The van der Waals surface area contributed by atoms with Crippen molar-refractivity contribution < 1.29 is 8.42 Å². The highest BCUT2D eigenvalue weighted by Crippen LogP contribution is 2.33. The van der Waals surface area contributed by atoms with E-state index in [9.17, 15) is 13.2 Å². The molecule has 0 spiro atoms. The SMILES string of the molecule is Cc1cc2c(cc1S(=O)(=O)N1CCCCc3ccccc31)n(C)c(=O)n2C. The summed E-state index contributed by atoms with van der Waals surface area (Å²) in [6, 6.07) is 11.1. The molecule has 1 aromatic heterocycles. The predicted molar refractivity (Wildman–Crippen MR) is 107 cm³/mol. The molecule has 7 heteroatoms. The fourth-order valence-electron chi connectivity index (χ4n) is 3.93. The highest BCUT2D eigenvalue weighted by atomic mass is 32.2. The van der Waals surface area contributed by atoms with E-state index >= 15 is 0 Å². The quantitative estimate of drug-likeness (QED) is 0.681. The van der Waals surface area contributed by atoms with Gasteiger partial charge in [-0.15, -0.1) is 0 Å². The first kappa shape index (κ1) is 17.9. The number of para-hydroxylation sites is 1. The van der Waals surface area contributed by atoms with Crippen molar-refractivity contribution in [2.45, 2.75) is 31.1 Å². The van der Waals surface area contributed by atoms with E-state index in [-0.39, 0.29) is 10.6 Å². The van der Waals surface area contributed by atoms with Crippen LogP contribution in [0.3, 0.4) is 0 Å². The number of aromatic nitrogens is 2. The van der Waals surface area contributed by atoms with Gasteiger partial charge in [-0.2, -0.15) is 0 Å². The molecular weight excluding hydrogens is 362 g/mol. The molecule has 2 aromatic carbocycles. The Morgan fingerprint density at radius 3 is 2.37 bits per heavy atom. The van der Waals surface area contributed by atoms with Crippen molar-refractivity contribution in [3.63, 3.8) is 0 Å². The van der Waals surface area contributed by atoms with Gasteiger partial charge in [-0.05, 0) is 55.5 Å². The monoisotopic (exact) mass is 385 g/mol. The minimum Gasteiger partial charge on any atom is -0.295 e. The summed E-state index contributed by atoms with van der Waals surface area (Å²) in [6.45, 7) is 2.25. The van der Waals surface area contributed by atoms with Crippen LogP contribution in [0.2, 0.25) is 0 Å².